The zero-order valence-corrected chi connectivity index (χ0v) is 16.2. The summed E-state index contributed by atoms with van der Waals surface area (Å²) in [7, 11) is 0. The second-order valence-electron chi connectivity index (χ2n) is 6.66. The minimum absolute atomic E-state index is 0.174. The van der Waals surface area contributed by atoms with Gasteiger partial charge in [-0.2, -0.15) is 0 Å². The van der Waals surface area contributed by atoms with Crippen LogP contribution in [0.3, 0.4) is 0 Å². The van der Waals surface area contributed by atoms with Crippen LogP contribution in [-0.4, -0.2) is 48.4 Å². The largest absolute Gasteiger partial charge is 0.337 e. The SMILES string of the molecule is C=CCn1c(SCC(=O)N2C(C)CCCC2C)nnc1-c1ccncc1. The fraction of sp³-hybridized carbons (Fsp3) is 0.474. The quantitative estimate of drug-likeness (QED) is 0.575. The Morgan fingerprint density at radius 3 is 2.62 bits per heavy atom. The Hall–Kier alpha value is -2.15. The van der Waals surface area contributed by atoms with Crippen molar-refractivity contribution < 1.29 is 4.79 Å². The molecule has 0 aromatic carbocycles. The Balaban J connectivity index is 1.74. The van der Waals surface area contributed by atoms with Crippen LogP contribution in [0.15, 0.2) is 42.3 Å². The van der Waals surface area contributed by atoms with Gasteiger partial charge in [-0.15, -0.1) is 16.8 Å². The van der Waals surface area contributed by atoms with Crippen LogP contribution in [0.5, 0.6) is 0 Å². The number of carbonyl (C=O) groups excluding carboxylic acids is 1. The third-order valence-electron chi connectivity index (χ3n) is 4.77. The Morgan fingerprint density at radius 1 is 1.27 bits per heavy atom. The highest BCUT2D eigenvalue weighted by Crippen LogP contribution is 2.27. The predicted molar refractivity (Wildman–Crippen MR) is 104 cm³/mol. The van der Waals surface area contributed by atoms with E-state index < -0.39 is 0 Å². The molecule has 0 aliphatic carbocycles. The molecule has 0 N–H and O–H groups in total. The van der Waals surface area contributed by atoms with Gasteiger partial charge in [0.25, 0.3) is 0 Å². The van der Waals surface area contributed by atoms with Gasteiger partial charge in [0.1, 0.15) is 0 Å². The van der Waals surface area contributed by atoms with E-state index in [-0.39, 0.29) is 5.91 Å². The van der Waals surface area contributed by atoms with Crippen LogP contribution in [0, 0.1) is 0 Å². The van der Waals surface area contributed by atoms with Crippen LogP contribution in [0.1, 0.15) is 33.1 Å². The molecule has 0 spiro atoms. The normalized spacial score (nSPS) is 20.2. The molecule has 6 nitrogen and oxygen atoms in total. The van der Waals surface area contributed by atoms with Gasteiger partial charge in [0.05, 0.1) is 5.75 Å². The zero-order chi connectivity index (χ0) is 18.5. The van der Waals surface area contributed by atoms with Crippen LogP contribution in [0.2, 0.25) is 0 Å². The summed E-state index contributed by atoms with van der Waals surface area (Å²) in [4.78, 5) is 18.8. The highest BCUT2D eigenvalue weighted by molar-refractivity contribution is 7.99. The molecule has 1 amide bonds. The molecule has 2 aromatic heterocycles. The van der Waals surface area contributed by atoms with Gasteiger partial charge in [0.2, 0.25) is 5.91 Å². The molecule has 1 saturated heterocycles. The second-order valence-corrected chi connectivity index (χ2v) is 7.60. The first-order valence-corrected chi connectivity index (χ1v) is 9.98. The third kappa shape index (κ3) is 3.98. The number of hydrogen-bond donors (Lipinski definition) is 0. The second kappa shape index (κ2) is 8.49. The average Bonchev–Trinajstić information content (AvgIpc) is 3.03. The molecule has 7 heteroatoms. The number of carbonyl (C=O) groups is 1. The highest BCUT2D eigenvalue weighted by Gasteiger charge is 2.29. The average molecular weight is 372 g/mol. The van der Waals surface area contributed by atoms with E-state index in [2.05, 4.69) is 35.6 Å². The summed E-state index contributed by atoms with van der Waals surface area (Å²) in [5.74, 6) is 1.32. The van der Waals surface area contributed by atoms with Gasteiger partial charge in [-0.1, -0.05) is 17.8 Å². The standard InChI is InChI=1S/C19H25N5OS/c1-4-12-23-18(16-8-10-20-11-9-16)21-22-19(23)26-13-17(25)24-14(2)6-5-7-15(24)3/h4,8-11,14-15H,1,5-7,12-13H2,2-3H3. The van der Waals surface area contributed by atoms with Gasteiger partial charge in [0, 0.05) is 36.6 Å². The van der Waals surface area contributed by atoms with Gasteiger partial charge in [-0.3, -0.25) is 14.3 Å². The zero-order valence-electron chi connectivity index (χ0n) is 15.3. The molecule has 2 atom stereocenters. The molecule has 138 valence electrons. The van der Waals surface area contributed by atoms with Crippen molar-refractivity contribution >= 4 is 17.7 Å². The van der Waals surface area contributed by atoms with Crippen molar-refractivity contribution in [2.75, 3.05) is 5.75 Å². The Kier molecular flexibility index (Phi) is 6.08. The minimum Gasteiger partial charge on any atom is -0.337 e. The van der Waals surface area contributed by atoms with E-state index in [1.165, 1.54) is 18.2 Å². The van der Waals surface area contributed by atoms with Gasteiger partial charge in [-0.05, 0) is 45.2 Å². The lowest BCUT2D eigenvalue weighted by Gasteiger charge is -2.39. The summed E-state index contributed by atoms with van der Waals surface area (Å²) >= 11 is 1.44. The van der Waals surface area contributed by atoms with Crippen molar-refractivity contribution in [3.63, 3.8) is 0 Å². The first-order chi connectivity index (χ1) is 12.6. The fourth-order valence-electron chi connectivity index (χ4n) is 3.52. The molecule has 3 rings (SSSR count). The van der Waals surface area contributed by atoms with Crippen molar-refractivity contribution in [1.29, 1.82) is 0 Å². The van der Waals surface area contributed by atoms with Crippen molar-refractivity contribution in [2.45, 2.75) is 56.9 Å². The molecule has 3 heterocycles. The van der Waals surface area contributed by atoms with Crippen molar-refractivity contribution in [2.24, 2.45) is 0 Å². The molecule has 26 heavy (non-hydrogen) atoms. The molecular weight excluding hydrogens is 346 g/mol. The van der Waals surface area contributed by atoms with Gasteiger partial charge >= 0.3 is 0 Å². The fourth-order valence-corrected chi connectivity index (χ4v) is 4.33. The lowest BCUT2D eigenvalue weighted by Crippen LogP contribution is -2.48. The molecule has 0 bridgehead atoms. The number of amides is 1. The van der Waals surface area contributed by atoms with Gasteiger partial charge in [0.15, 0.2) is 11.0 Å². The highest BCUT2D eigenvalue weighted by atomic mass is 32.2. The summed E-state index contributed by atoms with van der Waals surface area (Å²) < 4.78 is 1.99. The number of pyridine rings is 1. The summed E-state index contributed by atoms with van der Waals surface area (Å²) in [5, 5.41) is 9.36. The molecule has 1 aliphatic heterocycles. The number of thioether (sulfide) groups is 1. The molecular formula is C19H25N5OS. The Morgan fingerprint density at radius 2 is 1.96 bits per heavy atom. The van der Waals surface area contributed by atoms with E-state index >= 15 is 0 Å². The maximum Gasteiger partial charge on any atom is 0.233 e. The smallest absolute Gasteiger partial charge is 0.233 e. The summed E-state index contributed by atoms with van der Waals surface area (Å²) in [6.07, 6.45) is 8.64. The molecule has 0 saturated carbocycles. The maximum absolute atomic E-state index is 12.8. The van der Waals surface area contributed by atoms with Crippen molar-refractivity contribution in [3.05, 3.63) is 37.2 Å². The first-order valence-electron chi connectivity index (χ1n) is 9.00. The molecule has 0 radical (unpaired) electrons. The molecule has 2 aromatic rings. The van der Waals surface area contributed by atoms with E-state index in [4.69, 9.17) is 0 Å². The van der Waals surface area contributed by atoms with Crippen LogP contribution >= 0.6 is 11.8 Å². The number of hydrogen-bond acceptors (Lipinski definition) is 5. The van der Waals surface area contributed by atoms with Crippen LogP contribution < -0.4 is 0 Å². The maximum atomic E-state index is 12.8. The molecule has 1 fully saturated rings. The van der Waals surface area contributed by atoms with E-state index in [9.17, 15) is 4.79 Å². The van der Waals surface area contributed by atoms with E-state index in [0.717, 1.165) is 29.4 Å². The van der Waals surface area contributed by atoms with E-state index in [1.807, 2.05) is 27.7 Å². The number of allylic oxidation sites excluding steroid dienone is 1. The van der Waals surface area contributed by atoms with Crippen LogP contribution in [0.4, 0.5) is 0 Å². The topological polar surface area (TPSA) is 63.9 Å². The number of piperidine rings is 1. The predicted octanol–water partition coefficient (Wildman–Crippen LogP) is 3.41. The molecule has 2 unspecified atom stereocenters. The Labute approximate surface area is 158 Å². The Bertz CT molecular complexity index is 751. The van der Waals surface area contributed by atoms with Gasteiger partial charge < -0.3 is 4.90 Å². The van der Waals surface area contributed by atoms with E-state index in [1.54, 1.807) is 12.4 Å². The molecule has 1 aliphatic rings. The lowest BCUT2D eigenvalue weighted by molar-refractivity contribution is -0.134. The van der Waals surface area contributed by atoms with Gasteiger partial charge in [-0.25, -0.2) is 0 Å². The summed E-state index contributed by atoms with van der Waals surface area (Å²) in [6, 6.07) is 4.43. The lowest BCUT2D eigenvalue weighted by atomic mass is 9.98. The van der Waals surface area contributed by atoms with Crippen molar-refractivity contribution in [3.8, 4) is 11.4 Å². The number of rotatable bonds is 6. The van der Waals surface area contributed by atoms with E-state index in [0.29, 0.717) is 24.4 Å². The number of aromatic nitrogens is 4. The monoisotopic (exact) mass is 371 g/mol. The minimum atomic E-state index is 0.174. The first kappa shape index (κ1) is 18.6. The van der Waals surface area contributed by atoms with Crippen molar-refractivity contribution in [1.82, 2.24) is 24.6 Å². The number of likely N-dealkylation sites (tertiary alicyclic amines) is 1. The number of nitrogens with zero attached hydrogens (tertiary/aromatic N) is 5. The van der Waals surface area contributed by atoms with Crippen LogP contribution in [0.25, 0.3) is 11.4 Å². The summed E-state index contributed by atoms with van der Waals surface area (Å²) in [5.41, 5.74) is 0.950. The summed E-state index contributed by atoms with van der Waals surface area (Å²) in [6.45, 7) is 8.70. The third-order valence-corrected chi connectivity index (χ3v) is 5.72. The van der Waals surface area contributed by atoms with Crippen LogP contribution in [-0.2, 0) is 11.3 Å².